The fraction of sp³-hybridized carbons (Fsp3) is 0.0667. The zero-order chi connectivity index (χ0) is 17.0. The van der Waals surface area contributed by atoms with Gasteiger partial charge >= 0.3 is 0 Å². The molecule has 0 aliphatic carbocycles. The Balaban J connectivity index is 2.29. The highest BCUT2D eigenvalue weighted by atomic mass is 32.2. The average Bonchev–Trinajstić information content (AvgIpc) is 2.56. The zero-order valence-corrected chi connectivity index (χ0v) is 12.8. The molecule has 23 heavy (non-hydrogen) atoms. The normalized spacial score (nSPS) is 10.8. The molecule has 2 aromatic rings. The Morgan fingerprint density at radius 1 is 1.22 bits per heavy atom. The molecule has 2 aromatic carbocycles. The van der Waals surface area contributed by atoms with Crippen molar-refractivity contribution in [2.45, 2.75) is 4.90 Å². The van der Waals surface area contributed by atoms with Crippen molar-refractivity contribution >= 4 is 21.6 Å². The first kappa shape index (κ1) is 16.6. The molecule has 0 heterocycles. The van der Waals surface area contributed by atoms with Gasteiger partial charge in [0.15, 0.2) is 0 Å². The molecule has 1 amide bonds. The second-order valence-electron chi connectivity index (χ2n) is 4.50. The van der Waals surface area contributed by atoms with Gasteiger partial charge in [-0.3, -0.25) is 4.79 Å². The fourth-order valence-corrected chi connectivity index (χ4v) is 2.59. The molecular formula is C15H12FN3O3S. The smallest absolute Gasteiger partial charge is 0.255 e. The summed E-state index contributed by atoms with van der Waals surface area (Å²) in [6, 6.07) is 10.7. The van der Waals surface area contributed by atoms with Crippen molar-refractivity contribution in [2.24, 2.45) is 0 Å². The van der Waals surface area contributed by atoms with Crippen LogP contribution in [0.1, 0.15) is 15.9 Å². The second kappa shape index (κ2) is 6.56. The molecule has 118 valence electrons. The number of sulfonamides is 1. The summed E-state index contributed by atoms with van der Waals surface area (Å²) in [6.45, 7) is 0. The quantitative estimate of drug-likeness (QED) is 0.892. The summed E-state index contributed by atoms with van der Waals surface area (Å²) in [5, 5.41) is 11.3. The lowest BCUT2D eigenvalue weighted by atomic mass is 10.2. The van der Waals surface area contributed by atoms with Crippen LogP contribution in [0.25, 0.3) is 0 Å². The monoisotopic (exact) mass is 333 g/mol. The van der Waals surface area contributed by atoms with E-state index in [1.807, 2.05) is 0 Å². The molecular weight excluding hydrogens is 321 g/mol. The number of rotatable bonds is 4. The van der Waals surface area contributed by atoms with E-state index in [2.05, 4.69) is 10.0 Å². The first-order valence-corrected chi connectivity index (χ1v) is 7.90. The fourth-order valence-electron chi connectivity index (χ4n) is 1.81. The van der Waals surface area contributed by atoms with Crippen molar-refractivity contribution in [2.75, 3.05) is 12.4 Å². The van der Waals surface area contributed by atoms with Crippen molar-refractivity contribution in [3.8, 4) is 6.07 Å². The standard InChI is InChI=1S/C15H12FN3O3S/c1-18-23(21,22)13-4-2-3-10(8-13)15(20)19-12-5-6-14(16)11(7-12)9-17/h2-8,18H,1H3,(H,19,20). The van der Waals surface area contributed by atoms with Crippen LogP contribution in [-0.2, 0) is 10.0 Å². The summed E-state index contributed by atoms with van der Waals surface area (Å²) in [7, 11) is -2.40. The molecule has 0 aliphatic heterocycles. The lowest BCUT2D eigenvalue weighted by Crippen LogP contribution is -2.19. The average molecular weight is 333 g/mol. The number of carbonyl (C=O) groups is 1. The Kier molecular flexibility index (Phi) is 4.74. The Morgan fingerprint density at radius 2 is 1.96 bits per heavy atom. The summed E-state index contributed by atoms with van der Waals surface area (Å²) >= 11 is 0. The molecule has 0 saturated heterocycles. The number of anilines is 1. The van der Waals surface area contributed by atoms with Gasteiger partial charge in [0, 0.05) is 11.3 Å². The van der Waals surface area contributed by atoms with Crippen LogP contribution in [0.3, 0.4) is 0 Å². The number of hydrogen-bond acceptors (Lipinski definition) is 4. The SMILES string of the molecule is CNS(=O)(=O)c1cccc(C(=O)Nc2ccc(F)c(C#N)c2)c1. The van der Waals surface area contributed by atoms with Crippen LogP contribution in [0.2, 0.25) is 0 Å². The van der Waals surface area contributed by atoms with Crippen molar-refractivity contribution in [3.63, 3.8) is 0 Å². The number of nitriles is 1. The second-order valence-corrected chi connectivity index (χ2v) is 6.38. The summed E-state index contributed by atoms with van der Waals surface area (Å²) in [4.78, 5) is 12.1. The van der Waals surface area contributed by atoms with Crippen molar-refractivity contribution in [3.05, 3.63) is 59.4 Å². The third kappa shape index (κ3) is 3.71. The summed E-state index contributed by atoms with van der Waals surface area (Å²) in [5.74, 6) is -1.26. The van der Waals surface area contributed by atoms with E-state index in [1.54, 1.807) is 6.07 Å². The number of hydrogen-bond donors (Lipinski definition) is 2. The Hall–Kier alpha value is -2.76. The van der Waals surface area contributed by atoms with Crippen LogP contribution in [0.5, 0.6) is 0 Å². The van der Waals surface area contributed by atoms with E-state index in [-0.39, 0.29) is 21.7 Å². The van der Waals surface area contributed by atoms with Crippen molar-refractivity contribution < 1.29 is 17.6 Å². The maximum absolute atomic E-state index is 13.2. The van der Waals surface area contributed by atoms with Crippen LogP contribution < -0.4 is 10.0 Å². The van der Waals surface area contributed by atoms with Crippen molar-refractivity contribution in [1.29, 1.82) is 5.26 Å². The summed E-state index contributed by atoms with van der Waals surface area (Å²) in [6.07, 6.45) is 0. The minimum Gasteiger partial charge on any atom is -0.322 e. The summed E-state index contributed by atoms with van der Waals surface area (Å²) in [5.41, 5.74) is 0.147. The first-order valence-electron chi connectivity index (χ1n) is 6.42. The van der Waals surface area contributed by atoms with E-state index in [4.69, 9.17) is 5.26 Å². The summed E-state index contributed by atoms with van der Waals surface area (Å²) < 4.78 is 38.9. The molecule has 2 rings (SSSR count). The number of amides is 1. The van der Waals surface area contributed by atoms with E-state index >= 15 is 0 Å². The predicted molar refractivity (Wildman–Crippen MR) is 81.8 cm³/mol. The molecule has 0 unspecified atom stereocenters. The van der Waals surface area contributed by atoms with Crippen LogP contribution >= 0.6 is 0 Å². The molecule has 0 fully saturated rings. The van der Waals surface area contributed by atoms with E-state index < -0.39 is 21.7 Å². The molecule has 0 atom stereocenters. The molecule has 2 N–H and O–H groups in total. The minimum absolute atomic E-state index is 0.0514. The molecule has 0 bridgehead atoms. The van der Waals surface area contributed by atoms with Crippen LogP contribution in [0.15, 0.2) is 47.4 Å². The molecule has 0 aliphatic rings. The molecule has 0 aromatic heterocycles. The lowest BCUT2D eigenvalue weighted by Gasteiger charge is -2.08. The van der Waals surface area contributed by atoms with Gasteiger partial charge in [-0.15, -0.1) is 0 Å². The number of benzene rings is 2. The van der Waals surface area contributed by atoms with Gasteiger partial charge in [-0.05, 0) is 43.4 Å². The van der Waals surface area contributed by atoms with Gasteiger partial charge in [0.25, 0.3) is 5.91 Å². The van der Waals surface area contributed by atoms with Gasteiger partial charge in [-0.2, -0.15) is 5.26 Å². The molecule has 0 radical (unpaired) electrons. The number of nitrogens with one attached hydrogen (secondary N) is 2. The van der Waals surface area contributed by atoms with Crippen LogP contribution in [0, 0.1) is 17.1 Å². The number of nitrogens with zero attached hydrogens (tertiary/aromatic N) is 1. The number of carbonyl (C=O) groups excluding carboxylic acids is 1. The minimum atomic E-state index is -3.67. The lowest BCUT2D eigenvalue weighted by molar-refractivity contribution is 0.102. The predicted octanol–water partition coefficient (Wildman–Crippen LogP) is 1.86. The van der Waals surface area contributed by atoms with Gasteiger partial charge in [0.2, 0.25) is 10.0 Å². The highest BCUT2D eigenvalue weighted by Gasteiger charge is 2.14. The van der Waals surface area contributed by atoms with Gasteiger partial charge in [0.05, 0.1) is 10.5 Å². The van der Waals surface area contributed by atoms with Gasteiger partial charge < -0.3 is 5.32 Å². The number of halogens is 1. The van der Waals surface area contributed by atoms with Crippen LogP contribution in [0.4, 0.5) is 10.1 Å². The Labute approximate surface area is 132 Å². The zero-order valence-electron chi connectivity index (χ0n) is 12.0. The van der Waals surface area contributed by atoms with E-state index in [0.29, 0.717) is 0 Å². The Bertz CT molecular complexity index is 904. The third-order valence-corrected chi connectivity index (χ3v) is 4.43. The highest BCUT2D eigenvalue weighted by Crippen LogP contribution is 2.16. The van der Waals surface area contributed by atoms with E-state index in [9.17, 15) is 17.6 Å². The van der Waals surface area contributed by atoms with Gasteiger partial charge in [-0.25, -0.2) is 17.5 Å². The topological polar surface area (TPSA) is 99.1 Å². The largest absolute Gasteiger partial charge is 0.322 e. The molecule has 6 nitrogen and oxygen atoms in total. The van der Waals surface area contributed by atoms with E-state index in [0.717, 1.165) is 6.07 Å². The maximum atomic E-state index is 13.2. The molecule has 8 heteroatoms. The van der Waals surface area contributed by atoms with Crippen molar-refractivity contribution in [1.82, 2.24) is 4.72 Å². The Morgan fingerprint density at radius 3 is 2.61 bits per heavy atom. The molecule has 0 spiro atoms. The van der Waals surface area contributed by atoms with Crippen LogP contribution in [-0.4, -0.2) is 21.4 Å². The van der Waals surface area contributed by atoms with Gasteiger partial charge in [0.1, 0.15) is 11.9 Å². The first-order chi connectivity index (χ1) is 10.9. The maximum Gasteiger partial charge on any atom is 0.255 e. The van der Waals surface area contributed by atoms with E-state index in [1.165, 1.54) is 43.4 Å². The molecule has 0 saturated carbocycles. The highest BCUT2D eigenvalue weighted by molar-refractivity contribution is 7.89. The van der Waals surface area contributed by atoms with Gasteiger partial charge in [-0.1, -0.05) is 6.07 Å². The third-order valence-electron chi connectivity index (χ3n) is 3.02.